The first-order chi connectivity index (χ1) is 11.5. The number of hydrogen-bond acceptors (Lipinski definition) is 5. The van der Waals surface area contributed by atoms with Gasteiger partial charge in [-0.1, -0.05) is 12.1 Å². The predicted molar refractivity (Wildman–Crippen MR) is 89.8 cm³/mol. The number of fused-ring (bicyclic) bond motifs is 1. The molecule has 3 rings (SSSR count). The number of methoxy groups -OCH3 is 2. The summed E-state index contributed by atoms with van der Waals surface area (Å²) < 4.78 is 33.4. The van der Waals surface area contributed by atoms with E-state index in [1.807, 2.05) is 6.07 Å². The molecule has 126 valence electrons. The number of carbonyl (C=O) groups excluding carboxylic acids is 1. The van der Waals surface area contributed by atoms with Crippen molar-refractivity contribution in [1.29, 1.82) is 4.78 Å². The molecule has 1 N–H and O–H groups in total. The normalized spacial score (nSPS) is 19.8. The van der Waals surface area contributed by atoms with Crippen LogP contribution >= 0.6 is 0 Å². The highest BCUT2D eigenvalue weighted by Gasteiger charge is 2.32. The number of rotatable bonds is 5. The van der Waals surface area contributed by atoms with Gasteiger partial charge < -0.3 is 9.47 Å². The van der Waals surface area contributed by atoms with E-state index >= 15 is 0 Å². The Balaban J connectivity index is 1.93. The topological polar surface area (TPSA) is 79.7 Å². The molecule has 1 aliphatic heterocycles. The van der Waals surface area contributed by atoms with Crippen molar-refractivity contribution < 1.29 is 18.5 Å². The summed E-state index contributed by atoms with van der Waals surface area (Å²) in [6.07, 6.45) is 0.751. The van der Waals surface area contributed by atoms with Crippen molar-refractivity contribution >= 4 is 16.2 Å². The Morgan fingerprint density at radius 1 is 1.21 bits per heavy atom. The molecule has 2 aromatic carbocycles. The van der Waals surface area contributed by atoms with Crippen molar-refractivity contribution in [3.05, 3.63) is 53.1 Å². The number of hydrogen-bond donors (Lipinski definition) is 1. The number of nitrogens with zero attached hydrogens (tertiary/aromatic N) is 1. The molecule has 0 saturated carbocycles. The molecular formula is C17H18N2O4S. The molecular weight excluding hydrogens is 328 g/mol. The minimum absolute atomic E-state index is 0.306. The molecule has 0 aromatic heterocycles. The van der Waals surface area contributed by atoms with Gasteiger partial charge in [0.15, 0.2) is 0 Å². The lowest BCUT2D eigenvalue weighted by Gasteiger charge is -2.19. The lowest BCUT2D eigenvalue weighted by Crippen LogP contribution is -2.23. The first kappa shape index (κ1) is 16.5. The highest BCUT2D eigenvalue weighted by molar-refractivity contribution is 7.90. The Morgan fingerprint density at radius 3 is 2.67 bits per heavy atom. The molecule has 0 aliphatic carbocycles. The maximum absolute atomic E-state index is 12.9. The molecule has 1 unspecified atom stereocenters. The van der Waals surface area contributed by atoms with Crippen LogP contribution in [-0.2, 0) is 23.0 Å². The zero-order valence-electron chi connectivity index (χ0n) is 13.4. The summed E-state index contributed by atoms with van der Waals surface area (Å²) in [6.45, 7) is 0.662. The second kappa shape index (κ2) is 6.26. The van der Waals surface area contributed by atoms with Crippen LogP contribution in [0.15, 0.2) is 41.3 Å². The predicted octanol–water partition coefficient (Wildman–Crippen LogP) is 2.85. The van der Waals surface area contributed by atoms with Gasteiger partial charge in [0.05, 0.1) is 19.1 Å². The van der Waals surface area contributed by atoms with Gasteiger partial charge in [-0.15, -0.1) is 0 Å². The van der Waals surface area contributed by atoms with E-state index in [0.717, 1.165) is 17.4 Å². The first-order valence-corrected chi connectivity index (χ1v) is 8.84. The van der Waals surface area contributed by atoms with Crippen LogP contribution in [-0.4, -0.2) is 29.0 Å². The third kappa shape index (κ3) is 2.76. The molecule has 0 saturated heterocycles. The number of aldehydes is 1. The Morgan fingerprint density at radius 2 is 2.00 bits per heavy atom. The van der Waals surface area contributed by atoms with Gasteiger partial charge in [0.2, 0.25) is 0 Å². The summed E-state index contributed by atoms with van der Waals surface area (Å²) in [5, 5.41) is 0. The average molecular weight is 346 g/mol. The third-order valence-corrected chi connectivity index (χ3v) is 6.05. The summed E-state index contributed by atoms with van der Waals surface area (Å²) in [6, 6.07) is 10.3. The molecule has 0 fully saturated rings. The van der Waals surface area contributed by atoms with Crippen molar-refractivity contribution in [1.82, 2.24) is 4.31 Å². The molecule has 0 amide bonds. The average Bonchev–Trinajstić information content (AvgIpc) is 2.85. The molecule has 0 bridgehead atoms. The van der Waals surface area contributed by atoms with Crippen molar-refractivity contribution in [2.24, 2.45) is 0 Å². The van der Waals surface area contributed by atoms with Crippen molar-refractivity contribution in [3.8, 4) is 11.5 Å². The van der Waals surface area contributed by atoms with Crippen molar-refractivity contribution in [2.45, 2.75) is 18.0 Å². The lowest BCUT2D eigenvalue weighted by atomic mass is 10.1. The van der Waals surface area contributed by atoms with E-state index in [1.165, 1.54) is 0 Å². The minimum Gasteiger partial charge on any atom is -0.497 e. The second-order valence-electron chi connectivity index (χ2n) is 5.49. The zero-order chi connectivity index (χ0) is 17.3. The van der Waals surface area contributed by atoms with Crippen LogP contribution in [0.1, 0.15) is 21.5 Å². The number of nitrogens with one attached hydrogen (secondary N) is 1. The van der Waals surface area contributed by atoms with E-state index in [-0.39, 0.29) is 0 Å². The van der Waals surface area contributed by atoms with Gasteiger partial charge in [0.1, 0.15) is 27.7 Å². The fourth-order valence-electron chi connectivity index (χ4n) is 2.81. The Kier molecular flexibility index (Phi) is 4.29. The molecule has 7 heteroatoms. The molecule has 1 aliphatic rings. The molecule has 0 spiro atoms. The molecule has 6 nitrogen and oxygen atoms in total. The van der Waals surface area contributed by atoms with Crippen LogP contribution in [0.25, 0.3) is 0 Å². The molecule has 0 radical (unpaired) electrons. The highest BCUT2D eigenvalue weighted by Crippen LogP contribution is 2.34. The van der Waals surface area contributed by atoms with Crippen molar-refractivity contribution in [2.75, 3.05) is 14.2 Å². The van der Waals surface area contributed by atoms with Gasteiger partial charge in [0.25, 0.3) is 0 Å². The van der Waals surface area contributed by atoms with Gasteiger partial charge in [-0.05, 0) is 23.8 Å². The van der Waals surface area contributed by atoms with Gasteiger partial charge in [-0.3, -0.25) is 4.79 Å². The fourth-order valence-corrected chi connectivity index (χ4v) is 4.46. The monoisotopic (exact) mass is 346 g/mol. The van der Waals surface area contributed by atoms with E-state index < -0.39 is 9.92 Å². The molecule has 24 heavy (non-hydrogen) atoms. The zero-order valence-corrected chi connectivity index (χ0v) is 14.3. The minimum atomic E-state index is -3.08. The third-order valence-electron chi connectivity index (χ3n) is 4.07. The maximum atomic E-state index is 12.9. The van der Waals surface area contributed by atoms with Crippen LogP contribution in [0.5, 0.6) is 11.5 Å². The summed E-state index contributed by atoms with van der Waals surface area (Å²) in [5.41, 5.74) is 2.10. The summed E-state index contributed by atoms with van der Waals surface area (Å²) >= 11 is 0. The van der Waals surface area contributed by atoms with Gasteiger partial charge in [0, 0.05) is 30.3 Å². The highest BCUT2D eigenvalue weighted by atomic mass is 32.2. The van der Waals surface area contributed by atoms with Crippen LogP contribution < -0.4 is 9.47 Å². The van der Waals surface area contributed by atoms with Gasteiger partial charge >= 0.3 is 0 Å². The van der Waals surface area contributed by atoms with E-state index in [4.69, 9.17) is 14.3 Å². The van der Waals surface area contributed by atoms with E-state index in [2.05, 4.69) is 0 Å². The fraction of sp³-hybridized carbons (Fsp3) is 0.235. The Hall–Kier alpha value is -2.38. The van der Waals surface area contributed by atoms with E-state index in [1.54, 1.807) is 48.9 Å². The second-order valence-corrected chi connectivity index (χ2v) is 7.49. The van der Waals surface area contributed by atoms with Gasteiger partial charge in [-0.25, -0.2) is 13.3 Å². The summed E-state index contributed by atoms with van der Waals surface area (Å²) in [5.74, 6) is 1.29. The Bertz CT molecular complexity index is 893. The van der Waals surface area contributed by atoms with E-state index in [9.17, 15) is 9.00 Å². The lowest BCUT2D eigenvalue weighted by molar-refractivity contribution is 0.112. The SMILES string of the molecule is COc1ccc(CN2Cc3cc(C=O)ccc3S2(=N)=O)c(OC)c1. The number of carbonyl (C=O) groups is 1. The van der Waals surface area contributed by atoms with Crippen molar-refractivity contribution in [3.63, 3.8) is 0 Å². The summed E-state index contributed by atoms with van der Waals surface area (Å²) in [4.78, 5) is 11.4. The summed E-state index contributed by atoms with van der Waals surface area (Å²) in [7, 11) is 0.0574. The van der Waals surface area contributed by atoms with Gasteiger partial charge in [-0.2, -0.15) is 0 Å². The van der Waals surface area contributed by atoms with Crippen LogP contribution in [0.3, 0.4) is 0 Å². The smallest absolute Gasteiger partial charge is 0.150 e. The molecule has 1 heterocycles. The maximum Gasteiger partial charge on any atom is 0.150 e. The largest absolute Gasteiger partial charge is 0.497 e. The van der Waals surface area contributed by atoms with Crippen LogP contribution in [0, 0.1) is 4.78 Å². The molecule has 2 aromatic rings. The van der Waals surface area contributed by atoms with Crippen LogP contribution in [0.4, 0.5) is 0 Å². The standard InChI is InChI=1S/C17H18N2O4S/c1-22-15-5-4-13(16(8-15)23-2)9-19-10-14-7-12(11-20)3-6-17(14)24(19,18)21/h3-8,11,18H,9-10H2,1-2H3. The Labute approximate surface area is 141 Å². The number of ether oxygens (including phenoxy) is 2. The number of benzene rings is 2. The first-order valence-electron chi connectivity index (χ1n) is 7.32. The molecule has 1 atom stereocenters. The van der Waals surface area contributed by atoms with Crippen LogP contribution in [0.2, 0.25) is 0 Å². The van der Waals surface area contributed by atoms with E-state index in [0.29, 0.717) is 35.0 Å². The quantitative estimate of drug-likeness (QED) is 0.844.